The maximum atomic E-state index is 12.0. The molecule has 6 nitrogen and oxygen atoms in total. The molecule has 1 heterocycles. The van der Waals surface area contributed by atoms with Crippen LogP contribution in [0, 0.1) is 19.8 Å². The first-order valence-corrected chi connectivity index (χ1v) is 7.40. The molecule has 1 atom stereocenters. The highest BCUT2D eigenvalue weighted by Gasteiger charge is 2.17. The Bertz CT molecular complexity index is 509. The van der Waals surface area contributed by atoms with Gasteiger partial charge in [-0.25, -0.2) is 4.79 Å². The molecule has 0 spiro atoms. The van der Waals surface area contributed by atoms with Crippen LogP contribution in [0.5, 0.6) is 0 Å². The smallest absolute Gasteiger partial charge is 0.345 e. The van der Waals surface area contributed by atoms with E-state index in [1.165, 1.54) is 0 Å². The summed E-state index contributed by atoms with van der Waals surface area (Å²) in [5.74, 6) is 0.0172. The number of aliphatic hydroxyl groups is 1. The molecule has 0 aliphatic rings. The maximum absolute atomic E-state index is 12.0. The Balaban J connectivity index is 2.61. The van der Waals surface area contributed by atoms with E-state index >= 15 is 0 Å². The second-order valence-electron chi connectivity index (χ2n) is 5.36. The van der Waals surface area contributed by atoms with E-state index in [0.29, 0.717) is 11.4 Å². The van der Waals surface area contributed by atoms with Crippen molar-refractivity contribution in [3.8, 4) is 0 Å². The Labute approximate surface area is 125 Å². The molecule has 1 unspecified atom stereocenters. The minimum Gasteiger partial charge on any atom is -0.391 e. The highest BCUT2D eigenvalue weighted by molar-refractivity contribution is 5.79. The summed E-state index contributed by atoms with van der Waals surface area (Å²) in [6.07, 6.45) is 1.39. The summed E-state index contributed by atoms with van der Waals surface area (Å²) in [6, 6.07) is 0. The van der Waals surface area contributed by atoms with Crippen molar-refractivity contribution in [3.05, 3.63) is 27.4 Å². The normalized spacial score (nSPS) is 12.5. The summed E-state index contributed by atoms with van der Waals surface area (Å²) < 4.78 is 0. The van der Waals surface area contributed by atoms with E-state index in [1.807, 2.05) is 13.8 Å². The lowest BCUT2D eigenvalue weighted by atomic mass is 9.96. The SMILES string of the molecule is CCC(CC)C(O)CNC(=O)Cc1c(C)nc(=O)[nH]c1C. The van der Waals surface area contributed by atoms with Crippen LogP contribution in [0.3, 0.4) is 0 Å². The van der Waals surface area contributed by atoms with E-state index in [1.54, 1.807) is 13.8 Å². The number of aromatic amines is 1. The van der Waals surface area contributed by atoms with Crippen LogP contribution in [-0.2, 0) is 11.2 Å². The van der Waals surface area contributed by atoms with Crippen LogP contribution in [0.2, 0.25) is 0 Å². The van der Waals surface area contributed by atoms with Gasteiger partial charge in [-0.2, -0.15) is 4.98 Å². The van der Waals surface area contributed by atoms with E-state index in [4.69, 9.17) is 0 Å². The molecule has 1 aromatic heterocycles. The zero-order valence-corrected chi connectivity index (χ0v) is 13.2. The van der Waals surface area contributed by atoms with Gasteiger partial charge in [-0.15, -0.1) is 0 Å². The number of nitrogens with one attached hydrogen (secondary N) is 2. The molecular formula is C15H25N3O3. The van der Waals surface area contributed by atoms with Crippen molar-refractivity contribution in [2.45, 2.75) is 53.1 Å². The molecule has 3 N–H and O–H groups in total. The van der Waals surface area contributed by atoms with E-state index in [9.17, 15) is 14.7 Å². The fourth-order valence-electron chi connectivity index (χ4n) is 2.46. The number of hydrogen-bond acceptors (Lipinski definition) is 4. The van der Waals surface area contributed by atoms with Crippen molar-refractivity contribution in [2.75, 3.05) is 6.54 Å². The number of carbonyl (C=O) groups is 1. The highest BCUT2D eigenvalue weighted by Crippen LogP contribution is 2.12. The zero-order valence-electron chi connectivity index (χ0n) is 13.2. The van der Waals surface area contributed by atoms with Gasteiger partial charge in [0.2, 0.25) is 5.91 Å². The van der Waals surface area contributed by atoms with Crippen LogP contribution < -0.4 is 11.0 Å². The summed E-state index contributed by atoms with van der Waals surface area (Å²) in [7, 11) is 0. The Morgan fingerprint density at radius 2 is 1.95 bits per heavy atom. The van der Waals surface area contributed by atoms with Crippen LogP contribution in [0.4, 0.5) is 0 Å². The Hall–Kier alpha value is -1.69. The largest absolute Gasteiger partial charge is 0.391 e. The van der Waals surface area contributed by atoms with Gasteiger partial charge in [-0.1, -0.05) is 26.7 Å². The number of carbonyl (C=O) groups excluding carboxylic acids is 1. The number of aryl methyl sites for hydroxylation is 2. The van der Waals surface area contributed by atoms with Crippen LogP contribution in [0.25, 0.3) is 0 Å². The molecule has 0 saturated heterocycles. The van der Waals surface area contributed by atoms with Crippen molar-refractivity contribution in [3.63, 3.8) is 0 Å². The molecule has 0 bridgehead atoms. The predicted octanol–water partition coefficient (Wildman–Crippen LogP) is 0.843. The van der Waals surface area contributed by atoms with Crippen LogP contribution in [-0.4, -0.2) is 33.6 Å². The predicted molar refractivity (Wildman–Crippen MR) is 81.1 cm³/mol. The first-order valence-electron chi connectivity index (χ1n) is 7.40. The van der Waals surface area contributed by atoms with Crippen LogP contribution in [0.1, 0.15) is 43.6 Å². The van der Waals surface area contributed by atoms with Gasteiger partial charge in [0.1, 0.15) is 0 Å². The first-order chi connectivity index (χ1) is 9.88. The zero-order chi connectivity index (χ0) is 16.0. The summed E-state index contributed by atoms with van der Waals surface area (Å²) in [5.41, 5.74) is 1.54. The van der Waals surface area contributed by atoms with Gasteiger partial charge in [0.05, 0.1) is 12.5 Å². The lowest BCUT2D eigenvalue weighted by Gasteiger charge is -2.20. The van der Waals surface area contributed by atoms with Crippen molar-refractivity contribution in [1.29, 1.82) is 0 Å². The minimum absolute atomic E-state index is 0.150. The molecule has 0 aromatic carbocycles. The fourth-order valence-corrected chi connectivity index (χ4v) is 2.46. The molecule has 6 heteroatoms. The van der Waals surface area contributed by atoms with Crippen LogP contribution in [0.15, 0.2) is 4.79 Å². The summed E-state index contributed by atoms with van der Waals surface area (Å²) in [5, 5.41) is 12.7. The quantitative estimate of drug-likeness (QED) is 0.694. The fraction of sp³-hybridized carbons (Fsp3) is 0.667. The Morgan fingerprint density at radius 1 is 1.33 bits per heavy atom. The lowest BCUT2D eigenvalue weighted by Crippen LogP contribution is -2.37. The second kappa shape index (κ2) is 7.93. The minimum atomic E-state index is -0.528. The van der Waals surface area contributed by atoms with Crippen molar-refractivity contribution >= 4 is 5.91 Å². The molecule has 1 rings (SSSR count). The van der Waals surface area contributed by atoms with Gasteiger partial charge in [0.15, 0.2) is 0 Å². The molecule has 0 fully saturated rings. The molecule has 21 heavy (non-hydrogen) atoms. The van der Waals surface area contributed by atoms with Gasteiger partial charge in [0, 0.05) is 23.5 Å². The van der Waals surface area contributed by atoms with Crippen LogP contribution >= 0.6 is 0 Å². The van der Waals surface area contributed by atoms with Gasteiger partial charge in [0.25, 0.3) is 0 Å². The van der Waals surface area contributed by atoms with Crippen molar-refractivity contribution < 1.29 is 9.90 Å². The number of aliphatic hydroxyl groups excluding tert-OH is 1. The molecule has 0 radical (unpaired) electrons. The number of H-pyrrole nitrogens is 1. The first kappa shape index (κ1) is 17.4. The maximum Gasteiger partial charge on any atom is 0.345 e. The molecule has 0 aliphatic carbocycles. The van der Waals surface area contributed by atoms with Gasteiger partial charge in [-0.05, 0) is 19.8 Å². The number of aromatic nitrogens is 2. The van der Waals surface area contributed by atoms with Crippen molar-refractivity contribution in [1.82, 2.24) is 15.3 Å². The topological polar surface area (TPSA) is 95.1 Å². The third-order valence-corrected chi connectivity index (χ3v) is 3.89. The van der Waals surface area contributed by atoms with E-state index < -0.39 is 11.8 Å². The lowest BCUT2D eigenvalue weighted by molar-refractivity contribution is -0.121. The average Bonchev–Trinajstić information content (AvgIpc) is 2.42. The van der Waals surface area contributed by atoms with Crippen molar-refractivity contribution in [2.24, 2.45) is 5.92 Å². The second-order valence-corrected chi connectivity index (χ2v) is 5.36. The van der Waals surface area contributed by atoms with Gasteiger partial charge >= 0.3 is 5.69 Å². The third-order valence-electron chi connectivity index (χ3n) is 3.89. The monoisotopic (exact) mass is 295 g/mol. The Morgan fingerprint density at radius 3 is 2.48 bits per heavy atom. The van der Waals surface area contributed by atoms with Gasteiger partial charge in [-0.3, -0.25) is 4.79 Å². The Kier molecular flexibility index (Phi) is 6.55. The molecule has 0 aliphatic heterocycles. The number of rotatable bonds is 7. The summed E-state index contributed by atoms with van der Waals surface area (Å²) in [6.45, 7) is 7.76. The number of amides is 1. The highest BCUT2D eigenvalue weighted by atomic mass is 16.3. The summed E-state index contributed by atoms with van der Waals surface area (Å²) in [4.78, 5) is 29.6. The number of nitrogens with zero attached hydrogens (tertiary/aromatic N) is 1. The van der Waals surface area contributed by atoms with E-state index in [-0.39, 0.29) is 24.8 Å². The molecule has 1 amide bonds. The summed E-state index contributed by atoms with van der Waals surface area (Å²) >= 11 is 0. The standard InChI is InChI=1S/C15H25N3O3/c1-5-11(6-2)13(19)8-16-14(20)7-12-9(3)17-15(21)18-10(12)4/h11,13,19H,5-8H2,1-4H3,(H,16,20)(H,17,18,21). The molecular weight excluding hydrogens is 270 g/mol. The molecule has 1 aromatic rings. The van der Waals surface area contributed by atoms with Gasteiger partial charge < -0.3 is 15.4 Å². The third kappa shape index (κ3) is 4.97. The number of hydrogen-bond donors (Lipinski definition) is 3. The van der Waals surface area contributed by atoms with E-state index in [0.717, 1.165) is 18.4 Å². The van der Waals surface area contributed by atoms with E-state index in [2.05, 4.69) is 15.3 Å². The molecule has 118 valence electrons. The molecule has 0 saturated carbocycles. The average molecular weight is 295 g/mol.